The Bertz CT molecular complexity index is 487. The van der Waals surface area contributed by atoms with E-state index in [1.165, 1.54) is 31.3 Å². The van der Waals surface area contributed by atoms with Crippen LogP contribution in [-0.2, 0) is 27.9 Å². The maximum Gasteiger partial charge on any atom is 0.472 e. The van der Waals surface area contributed by atoms with E-state index in [4.69, 9.17) is 13.8 Å². The molecule has 0 saturated heterocycles. The van der Waals surface area contributed by atoms with Gasteiger partial charge in [0.25, 0.3) is 0 Å². The third-order valence-electron chi connectivity index (χ3n) is 3.52. The van der Waals surface area contributed by atoms with Crippen LogP contribution in [0.25, 0.3) is 0 Å². The Morgan fingerprint density at radius 2 is 2.04 bits per heavy atom. The smallest absolute Gasteiger partial charge is 0.379 e. The van der Waals surface area contributed by atoms with Crippen molar-refractivity contribution in [3.63, 3.8) is 0 Å². The minimum Gasteiger partial charge on any atom is -0.379 e. The predicted octanol–water partition coefficient (Wildman–Crippen LogP) is 1.43. The number of rotatable bonds is 13. The fraction of sp³-hybridized carbons (Fsp3) is 0.733. The van der Waals surface area contributed by atoms with E-state index in [2.05, 4.69) is 5.32 Å². The van der Waals surface area contributed by atoms with Crippen molar-refractivity contribution in [3.8, 4) is 0 Å². The van der Waals surface area contributed by atoms with Gasteiger partial charge < -0.3 is 19.8 Å². The average Bonchev–Trinajstić information content (AvgIpc) is 2.58. The first-order valence-corrected chi connectivity index (χ1v) is 9.49. The van der Waals surface area contributed by atoms with Gasteiger partial charge in [0.15, 0.2) is 0 Å². The summed E-state index contributed by atoms with van der Waals surface area (Å²) in [5.41, 5.74) is 0. The Labute approximate surface area is 148 Å². The molecule has 0 aliphatic carbocycles. The molecule has 0 spiro atoms. The molecule has 146 valence electrons. The van der Waals surface area contributed by atoms with Crippen LogP contribution >= 0.6 is 7.82 Å². The van der Waals surface area contributed by atoms with Crippen molar-refractivity contribution >= 4 is 20.1 Å². The summed E-state index contributed by atoms with van der Waals surface area (Å²) in [5.74, 6) is -0.339. The summed E-state index contributed by atoms with van der Waals surface area (Å²) >= 11 is 0. The van der Waals surface area contributed by atoms with Crippen molar-refractivity contribution in [1.82, 2.24) is 10.2 Å². The fourth-order valence-corrected chi connectivity index (χ4v) is 2.79. The van der Waals surface area contributed by atoms with Gasteiger partial charge in [0, 0.05) is 32.5 Å². The average molecular weight is 380 g/mol. The van der Waals surface area contributed by atoms with E-state index in [1.54, 1.807) is 13.8 Å². The van der Waals surface area contributed by atoms with E-state index in [-0.39, 0.29) is 18.6 Å². The second-order valence-corrected chi connectivity index (χ2v) is 6.92. The summed E-state index contributed by atoms with van der Waals surface area (Å²) in [6.07, 6.45) is 3.13. The first-order valence-electron chi connectivity index (χ1n) is 8.00. The van der Waals surface area contributed by atoms with Gasteiger partial charge in [-0.25, -0.2) is 4.57 Å². The zero-order valence-corrected chi connectivity index (χ0v) is 16.3. The molecule has 10 heteroatoms. The van der Waals surface area contributed by atoms with E-state index in [9.17, 15) is 19.0 Å². The third-order valence-corrected chi connectivity index (χ3v) is 4.63. The molecule has 0 aliphatic heterocycles. The number of ether oxygens (including phenoxy) is 1. The second-order valence-electron chi connectivity index (χ2n) is 5.51. The first-order chi connectivity index (χ1) is 11.7. The zero-order chi connectivity index (χ0) is 19.5. The summed E-state index contributed by atoms with van der Waals surface area (Å²) in [6, 6.07) is -0.319. The van der Waals surface area contributed by atoms with E-state index in [1.807, 2.05) is 6.92 Å². The molecule has 4 atom stereocenters. The molecule has 0 aromatic rings. The molecule has 0 aromatic carbocycles. The lowest BCUT2D eigenvalue weighted by Gasteiger charge is -2.26. The standard InChI is InChI=1S/C15H29N2O7P/c1-6-13(3)24-25(20,21)23-10-14(22-5)9-12(2)17(11-18)8-7-15(19)16-4/h7-8,11-14H,6,9-10H2,1-5H3,(H,16,19)(H,20,21)/b8-7-. The van der Waals surface area contributed by atoms with Crippen LogP contribution in [0.4, 0.5) is 0 Å². The van der Waals surface area contributed by atoms with Gasteiger partial charge in [0.1, 0.15) is 0 Å². The van der Waals surface area contributed by atoms with Crippen LogP contribution in [0.15, 0.2) is 12.3 Å². The number of phosphoric ester groups is 1. The monoisotopic (exact) mass is 380 g/mol. The van der Waals surface area contributed by atoms with E-state index in [0.29, 0.717) is 19.3 Å². The lowest BCUT2D eigenvalue weighted by molar-refractivity contribution is -0.118. The molecule has 2 N–H and O–H groups in total. The van der Waals surface area contributed by atoms with E-state index >= 15 is 0 Å². The van der Waals surface area contributed by atoms with Crippen LogP contribution in [0.1, 0.15) is 33.6 Å². The van der Waals surface area contributed by atoms with Crippen molar-refractivity contribution in [2.24, 2.45) is 0 Å². The van der Waals surface area contributed by atoms with Gasteiger partial charge in [0.2, 0.25) is 12.3 Å². The highest BCUT2D eigenvalue weighted by molar-refractivity contribution is 7.47. The predicted molar refractivity (Wildman–Crippen MR) is 92.6 cm³/mol. The minimum absolute atomic E-state index is 0.170. The lowest BCUT2D eigenvalue weighted by Crippen LogP contribution is -2.33. The van der Waals surface area contributed by atoms with Crippen LogP contribution in [0, 0.1) is 0 Å². The molecule has 0 aromatic heterocycles. The van der Waals surface area contributed by atoms with Gasteiger partial charge >= 0.3 is 7.82 Å². The molecule has 0 aliphatic rings. The highest BCUT2D eigenvalue weighted by Crippen LogP contribution is 2.45. The number of hydrogen-bond donors (Lipinski definition) is 2. The number of likely N-dealkylation sites (N-methyl/N-ethyl adjacent to an activating group) is 1. The normalized spacial score (nSPS) is 17.5. The molecule has 9 nitrogen and oxygen atoms in total. The van der Waals surface area contributed by atoms with Gasteiger partial charge in [0.05, 0.1) is 18.8 Å². The van der Waals surface area contributed by atoms with Crippen LogP contribution < -0.4 is 5.32 Å². The molecular weight excluding hydrogens is 351 g/mol. The Morgan fingerprint density at radius 3 is 2.52 bits per heavy atom. The number of carbonyl (C=O) groups excluding carboxylic acids is 2. The van der Waals surface area contributed by atoms with Gasteiger partial charge in [-0.1, -0.05) is 6.92 Å². The first kappa shape index (κ1) is 23.8. The second kappa shape index (κ2) is 12.2. The highest BCUT2D eigenvalue weighted by Gasteiger charge is 2.26. The number of methoxy groups -OCH3 is 1. The minimum atomic E-state index is -4.17. The van der Waals surface area contributed by atoms with E-state index < -0.39 is 20.0 Å². The molecule has 0 saturated carbocycles. The summed E-state index contributed by atoms with van der Waals surface area (Å²) in [6.45, 7) is 5.08. The zero-order valence-electron chi connectivity index (χ0n) is 15.4. The van der Waals surface area contributed by atoms with Gasteiger partial charge in [-0.2, -0.15) is 0 Å². The SMILES string of the molecule is CCC(C)OP(=O)(O)OCC(CC(C)N(C=O)/C=C\C(=O)NC)OC. The van der Waals surface area contributed by atoms with Crippen molar-refractivity contribution < 1.29 is 32.8 Å². The van der Waals surface area contributed by atoms with Gasteiger partial charge in [-0.15, -0.1) is 0 Å². The summed E-state index contributed by atoms with van der Waals surface area (Å²) in [5, 5.41) is 2.41. The van der Waals surface area contributed by atoms with Crippen LogP contribution in [0.2, 0.25) is 0 Å². The number of nitrogens with zero attached hydrogens (tertiary/aromatic N) is 1. The Morgan fingerprint density at radius 1 is 1.40 bits per heavy atom. The molecule has 0 heterocycles. The summed E-state index contributed by atoms with van der Waals surface area (Å²) in [7, 11) is -1.25. The molecule has 0 rings (SSSR count). The van der Waals surface area contributed by atoms with Gasteiger partial charge in [-0.3, -0.25) is 18.6 Å². The molecule has 2 amide bonds. The van der Waals surface area contributed by atoms with Crippen LogP contribution in [0.5, 0.6) is 0 Å². The molecular formula is C15H29N2O7P. The Hall–Kier alpha value is -1.25. The van der Waals surface area contributed by atoms with Crippen molar-refractivity contribution in [3.05, 3.63) is 12.3 Å². The number of nitrogens with one attached hydrogen (secondary N) is 1. The summed E-state index contributed by atoms with van der Waals surface area (Å²) in [4.78, 5) is 33.3. The van der Waals surface area contributed by atoms with Gasteiger partial charge in [-0.05, 0) is 26.7 Å². The molecule has 0 radical (unpaired) electrons. The number of amides is 2. The molecule has 4 unspecified atom stereocenters. The largest absolute Gasteiger partial charge is 0.472 e. The number of carbonyl (C=O) groups is 2. The molecule has 25 heavy (non-hydrogen) atoms. The van der Waals surface area contributed by atoms with Crippen molar-refractivity contribution in [1.29, 1.82) is 0 Å². The molecule has 0 fully saturated rings. The summed E-state index contributed by atoms with van der Waals surface area (Å²) < 4.78 is 27.0. The topological polar surface area (TPSA) is 114 Å². The van der Waals surface area contributed by atoms with E-state index in [0.717, 1.165) is 0 Å². The lowest BCUT2D eigenvalue weighted by atomic mass is 10.1. The Kier molecular flexibility index (Phi) is 11.6. The maximum absolute atomic E-state index is 11.8. The van der Waals surface area contributed by atoms with Crippen LogP contribution in [0.3, 0.4) is 0 Å². The quantitative estimate of drug-likeness (QED) is 0.282. The fourth-order valence-electron chi connectivity index (χ4n) is 1.77. The maximum atomic E-state index is 11.8. The third kappa shape index (κ3) is 10.4. The number of hydrogen-bond acceptors (Lipinski definition) is 6. The Balaban J connectivity index is 4.64. The number of phosphoric acid groups is 1. The van der Waals surface area contributed by atoms with Crippen molar-refractivity contribution in [2.45, 2.75) is 51.9 Å². The highest BCUT2D eigenvalue weighted by atomic mass is 31.2. The molecule has 0 bridgehead atoms. The van der Waals surface area contributed by atoms with Crippen molar-refractivity contribution in [2.75, 3.05) is 20.8 Å². The van der Waals surface area contributed by atoms with Crippen LogP contribution in [-0.4, -0.2) is 61.1 Å².